The van der Waals surface area contributed by atoms with Crippen molar-refractivity contribution in [3.8, 4) is 5.75 Å². The molecule has 1 atom stereocenters. The maximum absolute atomic E-state index is 13.9. The molecule has 0 aliphatic rings. The molecule has 9 nitrogen and oxygen atoms in total. The number of hydrogen-bond acceptors (Lipinski definition) is 7. The molecule has 0 radical (unpaired) electrons. The standard InChI is InChI=1S/C29H29NO8S/c1-18-15-21(28(31)32)17-20(16-19(2)37-3)27(18)38-29(33)26-22-9-4-6-11-24(22)30(13-8-14-39(34,35)36)25-12-7-5-10-23(25)26/h4-7,9-12,15,17,19H,8,13-14,16H2,1-3H3,(H-,31,32,34,35,36). The summed E-state index contributed by atoms with van der Waals surface area (Å²) < 4.78 is 46.9. The number of hydrogen-bond donors (Lipinski definition) is 1. The molecule has 0 saturated carbocycles. The molecule has 4 aromatic rings. The van der Waals surface area contributed by atoms with E-state index in [2.05, 4.69) is 0 Å². The van der Waals surface area contributed by atoms with Gasteiger partial charge >= 0.3 is 11.9 Å². The van der Waals surface area contributed by atoms with Gasteiger partial charge in [-0.2, -0.15) is 4.57 Å². The number of methoxy groups -OCH3 is 1. The molecule has 1 aromatic heterocycles. The van der Waals surface area contributed by atoms with Crippen molar-refractivity contribution in [1.29, 1.82) is 0 Å². The van der Waals surface area contributed by atoms with Crippen LogP contribution in [0.2, 0.25) is 0 Å². The first kappa shape index (κ1) is 28.2. The van der Waals surface area contributed by atoms with E-state index in [1.54, 1.807) is 38.3 Å². The van der Waals surface area contributed by atoms with Crippen molar-refractivity contribution in [3.63, 3.8) is 0 Å². The first-order valence-electron chi connectivity index (χ1n) is 12.4. The van der Waals surface area contributed by atoms with Gasteiger partial charge in [0.2, 0.25) is 11.0 Å². The van der Waals surface area contributed by atoms with Crippen molar-refractivity contribution in [1.82, 2.24) is 0 Å². The molecule has 1 unspecified atom stereocenters. The van der Waals surface area contributed by atoms with Crippen LogP contribution in [0.25, 0.3) is 21.8 Å². The molecule has 10 heteroatoms. The van der Waals surface area contributed by atoms with Crippen LogP contribution in [0.15, 0.2) is 60.7 Å². The summed E-state index contributed by atoms with van der Waals surface area (Å²) in [6.45, 7) is 3.78. The molecule has 0 aliphatic carbocycles. The summed E-state index contributed by atoms with van der Waals surface area (Å²) in [5.74, 6) is -1.92. The number of nitrogens with zero attached hydrogens (tertiary/aromatic N) is 1. The fraction of sp³-hybridized carbons (Fsp3) is 0.276. The third-order valence-electron chi connectivity index (χ3n) is 6.61. The highest BCUT2D eigenvalue weighted by atomic mass is 32.2. The number of fused-ring (bicyclic) bond motifs is 2. The first-order valence-corrected chi connectivity index (χ1v) is 14.0. The van der Waals surface area contributed by atoms with Gasteiger partial charge in [0.05, 0.1) is 38.1 Å². The number of carboxylic acid groups (broad SMARTS) is 1. The number of para-hydroxylation sites is 2. The quantitative estimate of drug-likeness (QED) is 0.103. The number of benzene rings is 3. The average molecular weight is 552 g/mol. The zero-order chi connectivity index (χ0) is 28.3. The minimum atomic E-state index is -4.37. The van der Waals surface area contributed by atoms with Gasteiger partial charge in [-0.1, -0.05) is 24.3 Å². The summed E-state index contributed by atoms with van der Waals surface area (Å²) in [7, 11) is -2.82. The van der Waals surface area contributed by atoms with Crippen LogP contribution in [0.4, 0.5) is 0 Å². The summed E-state index contributed by atoms with van der Waals surface area (Å²) in [6.07, 6.45) is 0.200. The number of ether oxygens (including phenoxy) is 2. The number of pyridine rings is 1. The maximum Gasteiger partial charge on any atom is 0.345 e. The number of carbonyl (C=O) groups is 2. The van der Waals surface area contributed by atoms with Crippen LogP contribution >= 0.6 is 0 Å². The maximum atomic E-state index is 13.9. The second-order valence-corrected chi connectivity index (χ2v) is 10.9. The van der Waals surface area contributed by atoms with Gasteiger partial charge < -0.3 is 19.1 Å². The van der Waals surface area contributed by atoms with Gasteiger partial charge in [0, 0.05) is 37.8 Å². The number of aryl methyl sites for hydroxylation is 2. The lowest BCUT2D eigenvalue weighted by Crippen LogP contribution is -2.37. The Labute approximate surface area is 226 Å². The zero-order valence-corrected chi connectivity index (χ0v) is 22.7. The highest BCUT2D eigenvalue weighted by Gasteiger charge is 2.27. The second-order valence-electron chi connectivity index (χ2n) is 9.40. The van der Waals surface area contributed by atoms with E-state index in [9.17, 15) is 27.7 Å². The third-order valence-corrected chi connectivity index (χ3v) is 7.40. The Kier molecular flexibility index (Phi) is 8.29. The van der Waals surface area contributed by atoms with E-state index in [1.807, 2.05) is 35.8 Å². The van der Waals surface area contributed by atoms with Crippen molar-refractivity contribution in [2.24, 2.45) is 0 Å². The molecule has 0 amide bonds. The average Bonchev–Trinajstić information content (AvgIpc) is 2.89. The van der Waals surface area contributed by atoms with Gasteiger partial charge in [-0.15, -0.1) is 0 Å². The van der Waals surface area contributed by atoms with E-state index >= 15 is 0 Å². The highest BCUT2D eigenvalue weighted by molar-refractivity contribution is 7.85. The van der Waals surface area contributed by atoms with Gasteiger partial charge in [0.15, 0.2) is 6.54 Å². The lowest BCUT2D eigenvalue weighted by atomic mass is 9.99. The molecular formula is C29H29NO8S. The second kappa shape index (κ2) is 11.5. The summed E-state index contributed by atoms with van der Waals surface area (Å²) in [5.41, 5.74) is 2.80. The van der Waals surface area contributed by atoms with Gasteiger partial charge in [-0.25, -0.2) is 18.0 Å². The molecule has 0 fully saturated rings. The van der Waals surface area contributed by atoms with Crippen LogP contribution in [0, 0.1) is 6.92 Å². The molecule has 0 aliphatic heterocycles. The SMILES string of the molecule is COC(C)Cc1cc(C(=O)O)cc(C)c1OC(=O)c1c2ccccc2[n+](CCCS(=O)(=O)[O-])c2ccccc12. The molecule has 204 valence electrons. The largest absolute Gasteiger partial charge is 0.748 e. The number of carboxylic acids is 1. The Bertz CT molecular complexity index is 1620. The molecule has 1 heterocycles. The van der Waals surface area contributed by atoms with Gasteiger partial charge in [0.1, 0.15) is 5.75 Å². The first-order chi connectivity index (χ1) is 18.5. The summed E-state index contributed by atoms with van der Waals surface area (Å²) in [4.78, 5) is 25.6. The molecule has 0 bridgehead atoms. The Morgan fingerprint density at radius 2 is 1.62 bits per heavy atom. The Morgan fingerprint density at radius 3 is 2.15 bits per heavy atom. The topological polar surface area (TPSA) is 134 Å². The molecule has 39 heavy (non-hydrogen) atoms. The van der Waals surface area contributed by atoms with Crippen molar-refractivity contribution < 1.29 is 41.7 Å². The Balaban J connectivity index is 1.85. The lowest BCUT2D eigenvalue weighted by molar-refractivity contribution is -0.645. The van der Waals surface area contributed by atoms with Crippen LogP contribution < -0.4 is 9.30 Å². The molecule has 3 aromatic carbocycles. The van der Waals surface area contributed by atoms with Crippen LogP contribution in [0.5, 0.6) is 5.75 Å². The number of esters is 1. The van der Waals surface area contributed by atoms with Crippen molar-refractivity contribution in [2.75, 3.05) is 12.9 Å². The molecule has 1 N–H and O–H groups in total. The molecule has 0 spiro atoms. The lowest BCUT2D eigenvalue weighted by Gasteiger charge is -2.18. The molecule has 4 rings (SSSR count). The van der Waals surface area contributed by atoms with Crippen LogP contribution in [-0.4, -0.2) is 49.0 Å². The van der Waals surface area contributed by atoms with E-state index in [4.69, 9.17) is 9.47 Å². The predicted molar refractivity (Wildman–Crippen MR) is 144 cm³/mol. The van der Waals surface area contributed by atoms with E-state index in [0.717, 1.165) is 0 Å². The summed E-state index contributed by atoms with van der Waals surface area (Å²) >= 11 is 0. The minimum Gasteiger partial charge on any atom is -0.748 e. The van der Waals surface area contributed by atoms with Crippen LogP contribution in [-0.2, 0) is 27.8 Å². The van der Waals surface area contributed by atoms with Crippen molar-refractivity contribution in [2.45, 2.75) is 39.3 Å². The Morgan fingerprint density at radius 1 is 1.03 bits per heavy atom. The zero-order valence-electron chi connectivity index (χ0n) is 21.8. The molecule has 0 saturated heterocycles. The fourth-order valence-corrected chi connectivity index (χ4v) is 5.26. The number of rotatable bonds is 10. The number of aromatic carboxylic acids is 1. The fourth-order valence-electron chi connectivity index (χ4n) is 4.78. The normalized spacial score (nSPS) is 12.5. The van der Waals surface area contributed by atoms with Crippen molar-refractivity contribution in [3.05, 3.63) is 82.9 Å². The van der Waals surface area contributed by atoms with Crippen LogP contribution in [0.3, 0.4) is 0 Å². The van der Waals surface area contributed by atoms with E-state index in [0.29, 0.717) is 44.9 Å². The molecular weight excluding hydrogens is 522 g/mol. The van der Waals surface area contributed by atoms with Gasteiger partial charge in [-0.05, 0) is 49.2 Å². The van der Waals surface area contributed by atoms with E-state index in [-0.39, 0.29) is 30.4 Å². The van der Waals surface area contributed by atoms with E-state index in [1.165, 1.54) is 12.1 Å². The van der Waals surface area contributed by atoms with Gasteiger partial charge in [0.25, 0.3) is 0 Å². The third kappa shape index (κ3) is 6.25. The van der Waals surface area contributed by atoms with Crippen molar-refractivity contribution >= 4 is 43.9 Å². The predicted octanol–water partition coefficient (Wildman–Crippen LogP) is 4.02. The van der Waals surface area contributed by atoms with E-state index < -0.39 is 27.8 Å². The number of aromatic nitrogens is 1. The van der Waals surface area contributed by atoms with Gasteiger partial charge in [-0.3, -0.25) is 0 Å². The minimum absolute atomic E-state index is 0.0855. The highest BCUT2D eigenvalue weighted by Crippen LogP contribution is 2.31. The summed E-state index contributed by atoms with van der Waals surface area (Å²) in [5, 5.41) is 10.7. The summed E-state index contributed by atoms with van der Waals surface area (Å²) in [6, 6.07) is 17.4. The Hall–Kier alpha value is -3.86. The monoisotopic (exact) mass is 551 g/mol. The number of carbonyl (C=O) groups excluding carboxylic acids is 1. The van der Waals surface area contributed by atoms with Crippen LogP contribution in [0.1, 0.15) is 45.2 Å². The smallest absolute Gasteiger partial charge is 0.345 e.